The normalized spacial score (nSPS) is 15.7. The maximum absolute atomic E-state index is 11.5. The second-order valence-electron chi connectivity index (χ2n) is 5.15. The van der Waals surface area contributed by atoms with Gasteiger partial charge in [-0.05, 0) is 18.6 Å². The average molecular weight is 275 g/mol. The van der Waals surface area contributed by atoms with Gasteiger partial charge in [0.15, 0.2) is 0 Å². The van der Waals surface area contributed by atoms with E-state index in [1.165, 1.54) is 0 Å². The Kier molecular flexibility index (Phi) is 3.85. The van der Waals surface area contributed by atoms with Gasteiger partial charge >= 0.3 is 5.97 Å². The van der Waals surface area contributed by atoms with Gasteiger partial charge in [0.25, 0.3) is 0 Å². The lowest BCUT2D eigenvalue weighted by Gasteiger charge is -2.23. The molecule has 0 bridgehead atoms. The molecule has 0 aliphatic heterocycles. The molecule has 0 radical (unpaired) electrons. The Labute approximate surface area is 116 Å². The molecule has 0 fully saturated rings. The van der Waals surface area contributed by atoms with Crippen molar-refractivity contribution in [1.82, 2.24) is 4.98 Å². The van der Waals surface area contributed by atoms with Crippen LogP contribution in [0.5, 0.6) is 0 Å². The number of hydrogen-bond donors (Lipinski definition) is 3. The Morgan fingerprint density at radius 3 is 2.80 bits per heavy atom. The smallest absolute Gasteiger partial charge is 0.335 e. The number of nitroso groups, excluding NO2 is 1. The number of nitrogens with two attached hydrogens (primary N) is 1. The Hall–Kier alpha value is -2.21. The van der Waals surface area contributed by atoms with E-state index in [0.29, 0.717) is 0 Å². The summed E-state index contributed by atoms with van der Waals surface area (Å²) in [5.41, 5.74) is 5.59. The number of carbonyl (C=O) groups is 1. The quantitative estimate of drug-likeness (QED) is 0.701. The fourth-order valence-electron chi connectivity index (χ4n) is 2.47. The van der Waals surface area contributed by atoms with Crippen LogP contribution in [-0.4, -0.2) is 27.6 Å². The standard InChI is InChI=1S/C14H17N3O3/c1-9(15)6-14(17-20,13(18)19)7-10-8-16-12-5-3-2-4-11(10)12/h2-5,8-9,16H,6-7,15H2,1H3,(H,18,19)/t9-,14+/m1/s1. The molecule has 1 heterocycles. The lowest BCUT2D eigenvalue weighted by molar-refractivity contribution is -0.143. The topological polar surface area (TPSA) is 109 Å². The van der Waals surface area contributed by atoms with E-state index in [9.17, 15) is 14.8 Å². The van der Waals surface area contributed by atoms with Gasteiger partial charge < -0.3 is 15.8 Å². The zero-order valence-electron chi connectivity index (χ0n) is 11.2. The zero-order valence-corrected chi connectivity index (χ0v) is 11.2. The Balaban J connectivity index is 2.41. The Morgan fingerprint density at radius 1 is 1.50 bits per heavy atom. The Morgan fingerprint density at radius 2 is 2.20 bits per heavy atom. The highest BCUT2D eigenvalue weighted by atomic mass is 16.4. The number of benzene rings is 1. The van der Waals surface area contributed by atoms with E-state index in [1.807, 2.05) is 24.3 Å². The highest BCUT2D eigenvalue weighted by Crippen LogP contribution is 2.28. The number of rotatable bonds is 6. The summed E-state index contributed by atoms with van der Waals surface area (Å²) in [5, 5.41) is 13.2. The number of aliphatic carboxylic acids is 1. The molecule has 106 valence electrons. The van der Waals surface area contributed by atoms with Crippen LogP contribution < -0.4 is 5.73 Å². The molecule has 4 N–H and O–H groups in total. The number of H-pyrrole nitrogens is 1. The molecule has 1 aromatic carbocycles. The van der Waals surface area contributed by atoms with Crippen LogP contribution in [0.15, 0.2) is 35.6 Å². The van der Waals surface area contributed by atoms with Crippen LogP contribution in [0.4, 0.5) is 0 Å². The highest BCUT2D eigenvalue weighted by Gasteiger charge is 2.42. The van der Waals surface area contributed by atoms with E-state index in [-0.39, 0.29) is 12.8 Å². The van der Waals surface area contributed by atoms with Crippen LogP contribution in [-0.2, 0) is 11.2 Å². The molecule has 0 aliphatic carbocycles. The van der Waals surface area contributed by atoms with Crippen molar-refractivity contribution in [3.63, 3.8) is 0 Å². The van der Waals surface area contributed by atoms with Gasteiger partial charge in [-0.25, -0.2) is 4.79 Å². The highest BCUT2D eigenvalue weighted by molar-refractivity contribution is 5.85. The van der Waals surface area contributed by atoms with Gasteiger partial charge in [-0.3, -0.25) is 0 Å². The summed E-state index contributed by atoms with van der Waals surface area (Å²) < 4.78 is 0. The number of carboxylic acid groups (broad SMARTS) is 1. The summed E-state index contributed by atoms with van der Waals surface area (Å²) in [6.07, 6.45) is 1.75. The predicted molar refractivity (Wildman–Crippen MR) is 76.4 cm³/mol. The number of nitrogens with zero attached hydrogens (tertiary/aromatic N) is 1. The summed E-state index contributed by atoms with van der Waals surface area (Å²) in [7, 11) is 0. The summed E-state index contributed by atoms with van der Waals surface area (Å²) in [5.74, 6) is -1.24. The van der Waals surface area contributed by atoms with Crippen molar-refractivity contribution in [2.24, 2.45) is 10.9 Å². The third-order valence-electron chi connectivity index (χ3n) is 3.39. The van der Waals surface area contributed by atoms with E-state index in [2.05, 4.69) is 10.2 Å². The monoisotopic (exact) mass is 275 g/mol. The molecule has 2 atom stereocenters. The second kappa shape index (κ2) is 5.42. The molecule has 6 heteroatoms. The first-order valence-electron chi connectivity index (χ1n) is 6.37. The van der Waals surface area contributed by atoms with Crippen LogP contribution in [0.1, 0.15) is 18.9 Å². The average Bonchev–Trinajstić information content (AvgIpc) is 2.80. The molecule has 2 rings (SSSR count). The third-order valence-corrected chi connectivity index (χ3v) is 3.39. The number of nitrogens with one attached hydrogen (secondary N) is 1. The molecule has 0 aliphatic rings. The summed E-state index contributed by atoms with van der Waals surface area (Å²) in [6.45, 7) is 1.66. The van der Waals surface area contributed by atoms with Crippen LogP contribution in [0, 0.1) is 4.91 Å². The molecule has 2 aromatic rings. The predicted octanol–water partition coefficient (Wildman–Crippen LogP) is 2.04. The van der Waals surface area contributed by atoms with Gasteiger partial charge in [0.2, 0.25) is 5.54 Å². The van der Waals surface area contributed by atoms with Gasteiger partial charge in [0, 0.05) is 36.0 Å². The van der Waals surface area contributed by atoms with E-state index in [1.54, 1.807) is 13.1 Å². The zero-order chi connectivity index (χ0) is 14.8. The first-order chi connectivity index (χ1) is 9.48. The van der Waals surface area contributed by atoms with Crippen molar-refractivity contribution >= 4 is 16.9 Å². The minimum atomic E-state index is -1.72. The first kappa shape index (κ1) is 14.2. The molecule has 0 amide bonds. The van der Waals surface area contributed by atoms with E-state index < -0.39 is 17.6 Å². The summed E-state index contributed by atoms with van der Waals surface area (Å²) in [4.78, 5) is 25.7. The van der Waals surface area contributed by atoms with Crippen molar-refractivity contribution < 1.29 is 9.90 Å². The summed E-state index contributed by atoms with van der Waals surface area (Å²) in [6, 6.07) is 7.09. The second-order valence-corrected chi connectivity index (χ2v) is 5.15. The number of para-hydroxylation sites is 1. The summed E-state index contributed by atoms with van der Waals surface area (Å²) >= 11 is 0. The molecule has 0 spiro atoms. The Bertz CT molecular complexity index is 635. The minimum Gasteiger partial charge on any atom is -0.479 e. The van der Waals surface area contributed by atoms with Crippen molar-refractivity contribution in [3.05, 3.63) is 40.9 Å². The van der Waals surface area contributed by atoms with E-state index in [4.69, 9.17) is 5.73 Å². The largest absolute Gasteiger partial charge is 0.479 e. The van der Waals surface area contributed by atoms with Crippen LogP contribution in [0.2, 0.25) is 0 Å². The fraction of sp³-hybridized carbons (Fsp3) is 0.357. The number of carboxylic acids is 1. The van der Waals surface area contributed by atoms with Crippen molar-refractivity contribution in [2.45, 2.75) is 31.3 Å². The van der Waals surface area contributed by atoms with Crippen molar-refractivity contribution in [1.29, 1.82) is 0 Å². The van der Waals surface area contributed by atoms with E-state index >= 15 is 0 Å². The number of fused-ring (bicyclic) bond motifs is 1. The molecule has 20 heavy (non-hydrogen) atoms. The lowest BCUT2D eigenvalue weighted by Crippen LogP contribution is -2.43. The molecular formula is C14H17N3O3. The lowest BCUT2D eigenvalue weighted by atomic mass is 9.86. The SMILES string of the molecule is C[C@@H](N)C[C@@](Cc1c[nH]c2ccccc12)(N=O)C(=O)O. The van der Waals surface area contributed by atoms with Gasteiger partial charge in [0.1, 0.15) is 0 Å². The van der Waals surface area contributed by atoms with Gasteiger partial charge in [0.05, 0.1) is 0 Å². The maximum atomic E-state index is 11.5. The van der Waals surface area contributed by atoms with Crippen LogP contribution >= 0.6 is 0 Å². The molecule has 6 nitrogen and oxygen atoms in total. The molecule has 1 aromatic heterocycles. The van der Waals surface area contributed by atoms with Crippen LogP contribution in [0.25, 0.3) is 10.9 Å². The van der Waals surface area contributed by atoms with Gasteiger partial charge in [-0.1, -0.05) is 23.4 Å². The van der Waals surface area contributed by atoms with Crippen LogP contribution in [0.3, 0.4) is 0 Å². The third kappa shape index (κ3) is 2.55. The van der Waals surface area contributed by atoms with E-state index in [0.717, 1.165) is 16.5 Å². The molecule has 0 unspecified atom stereocenters. The maximum Gasteiger partial charge on any atom is 0.335 e. The fourth-order valence-corrected chi connectivity index (χ4v) is 2.47. The minimum absolute atomic E-state index is 0.00530. The van der Waals surface area contributed by atoms with Crippen molar-refractivity contribution in [3.8, 4) is 0 Å². The molecule has 0 saturated carbocycles. The molecular weight excluding hydrogens is 258 g/mol. The molecule has 0 saturated heterocycles. The number of aromatic nitrogens is 1. The number of hydrogen-bond acceptors (Lipinski definition) is 4. The van der Waals surface area contributed by atoms with Gasteiger partial charge in [-0.15, -0.1) is 4.91 Å². The first-order valence-corrected chi connectivity index (χ1v) is 6.37. The van der Waals surface area contributed by atoms with Crippen molar-refractivity contribution in [2.75, 3.05) is 0 Å². The van der Waals surface area contributed by atoms with Gasteiger partial charge in [-0.2, -0.15) is 0 Å². The number of aromatic amines is 1.